The van der Waals surface area contributed by atoms with E-state index in [0.29, 0.717) is 12.6 Å². The van der Waals surface area contributed by atoms with Crippen LogP contribution in [0.4, 0.5) is 0 Å². The summed E-state index contributed by atoms with van der Waals surface area (Å²) in [6, 6.07) is 7.78. The van der Waals surface area contributed by atoms with Crippen molar-refractivity contribution in [3.63, 3.8) is 0 Å². The van der Waals surface area contributed by atoms with Gasteiger partial charge < -0.3 is 9.47 Å². The summed E-state index contributed by atoms with van der Waals surface area (Å²) in [6.45, 7) is 4.15. The molecule has 0 N–H and O–H groups in total. The first-order valence-corrected chi connectivity index (χ1v) is 8.86. The summed E-state index contributed by atoms with van der Waals surface area (Å²) in [4.78, 5) is 15.1. The van der Waals surface area contributed by atoms with Crippen molar-refractivity contribution in [2.75, 3.05) is 33.9 Å². The molecule has 0 aliphatic carbocycles. The molecular weight excluding hydrogens is 318 g/mol. The number of benzene rings is 1. The molecule has 1 unspecified atom stereocenters. The predicted molar refractivity (Wildman–Crippen MR) is 96.8 cm³/mol. The van der Waals surface area contributed by atoms with Crippen molar-refractivity contribution in [1.82, 2.24) is 9.91 Å². The summed E-state index contributed by atoms with van der Waals surface area (Å²) in [7, 11) is 3.42. The summed E-state index contributed by atoms with van der Waals surface area (Å²) in [6.07, 6.45) is 3.02. The second-order valence-corrected chi connectivity index (χ2v) is 6.75. The van der Waals surface area contributed by atoms with Crippen LogP contribution in [0.3, 0.4) is 0 Å². The molecule has 1 fully saturated rings. The van der Waals surface area contributed by atoms with Gasteiger partial charge in [0.2, 0.25) is 0 Å². The zero-order chi connectivity index (χ0) is 17.8. The van der Waals surface area contributed by atoms with Crippen LogP contribution >= 0.6 is 0 Å². The second-order valence-electron chi connectivity index (χ2n) is 6.75. The lowest BCUT2D eigenvalue weighted by Gasteiger charge is -2.32. The molecule has 2 heterocycles. The number of carbonyl (C=O) groups excluding carboxylic acids is 1. The van der Waals surface area contributed by atoms with Crippen LogP contribution < -0.4 is 4.74 Å². The van der Waals surface area contributed by atoms with Crippen LogP contribution in [0.2, 0.25) is 0 Å². The maximum atomic E-state index is 12.9. The molecule has 136 valence electrons. The Bertz CT molecular complexity index is 639. The number of ether oxygens (including phenoxy) is 2. The molecule has 1 saturated heterocycles. The average molecular weight is 345 g/mol. The molecule has 1 amide bonds. The number of nitrogens with zero attached hydrogens (tertiary/aromatic N) is 3. The van der Waals surface area contributed by atoms with Crippen molar-refractivity contribution < 1.29 is 14.3 Å². The van der Waals surface area contributed by atoms with E-state index in [1.165, 1.54) is 0 Å². The first-order valence-electron chi connectivity index (χ1n) is 8.86. The largest absolute Gasteiger partial charge is 0.496 e. The van der Waals surface area contributed by atoms with Crippen LogP contribution in [0.15, 0.2) is 29.4 Å². The van der Waals surface area contributed by atoms with Gasteiger partial charge in [-0.15, -0.1) is 0 Å². The Balaban J connectivity index is 1.70. The van der Waals surface area contributed by atoms with E-state index in [9.17, 15) is 4.79 Å². The van der Waals surface area contributed by atoms with Gasteiger partial charge in [-0.05, 0) is 25.8 Å². The molecule has 2 aliphatic heterocycles. The van der Waals surface area contributed by atoms with Gasteiger partial charge in [0, 0.05) is 37.9 Å². The van der Waals surface area contributed by atoms with Gasteiger partial charge >= 0.3 is 0 Å². The number of piperidine rings is 1. The van der Waals surface area contributed by atoms with Gasteiger partial charge in [-0.3, -0.25) is 9.69 Å². The van der Waals surface area contributed by atoms with Crippen molar-refractivity contribution in [1.29, 1.82) is 0 Å². The van der Waals surface area contributed by atoms with Crippen molar-refractivity contribution >= 4 is 11.6 Å². The van der Waals surface area contributed by atoms with Gasteiger partial charge in [0.25, 0.3) is 5.91 Å². The monoisotopic (exact) mass is 345 g/mol. The minimum atomic E-state index is -0.0832. The van der Waals surface area contributed by atoms with Crippen LogP contribution in [-0.2, 0) is 9.53 Å². The predicted octanol–water partition coefficient (Wildman–Crippen LogP) is 2.46. The third-order valence-electron chi connectivity index (χ3n) is 5.04. The third-order valence-corrected chi connectivity index (χ3v) is 5.04. The van der Waals surface area contributed by atoms with Crippen molar-refractivity contribution in [3.8, 4) is 5.75 Å². The normalized spacial score (nSPS) is 22.1. The number of rotatable bonds is 5. The molecule has 0 saturated carbocycles. The van der Waals surface area contributed by atoms with Gasteiger partial charge in [-0.25, -0.2) is 5.01 Å². The Morgan fingerprint density at radius 1 is 1.24 bits per heavy atom. The molecular formula is C19H27N3O3. The Kier molecular flexibility index (Phi) is 5.71. The Hall–Kier alpha value is -1.92. The molecule has 0 radical (unpaired) electrons. The lowest BCUT2D eigenvalue weighted by atomic mass is 10.0. The summed E-state index contributed by atoms with van der Waals surface area (Å²) >= 11 is 0. The number of likely N-dealkylation sites (tertiary alicyclic amines) is 1. The summed E-state index contributed by atoms with van der Waals surface area (Å²) in [5.74, 6) is 0.847. The Morgan fingerprint density at radius 2 is 1.96 bits per heavy atom. The summed E-state index contributed by atoms with van der Waals surface area (Å²) in [5.41, 5.74) is 1.99. The molecule has 1 atom stereocenters. The van der Waals surface area contributed by atoms with Crippen molar-refractivity contribution in [2.24, 2.45) is 5.10 Å². The molecule has 0 spiro atoms. The van der Waals surface area contributed by atoms with Gasteiger partial charge in [-0.1, -0.05) is 18.2 Å². The maximum Gasteiger partial charge on any atom is 0.257 e. The Labute approximate surface area is 149 Å². The van der Waals surface area contributed by atoms with E-state index < -0.39 is 0 Å². The number of carbonyl (C=O) groups is 1. The fourth-order valence-corrected chi connectivity index (χ4v) is 3.64. The maximum absolute atomic E-state index is 12.9. The Morgan fingerprint density at radius 3 is 2.64 bits per heavy atom. The van der Waals surface area contributed by atoms with E-state index in [0.717, 1.165) is 49.4 Å². The highest BCUT2D eigenvalue weighted by Gasteiger charge is 2.33. The van der Waals surface area contributed by atoms with E-state index >= 15 is 0 Å². The third kappa shape index (κ3) is 4.02. The molecule has 1 aromatic rings. The van der Waals surface area contributed by atoms with Crippen molar-refractivity contribution in [3.05, 3.63) is 29.8 Å². The summed E-state index contributed by atoms with van der Waals surface area (Å²) < 4.78 is 10.9. The van der Waals surface area contributed by atoms with Gasteiger partial charge in [0.15, 0.2) is 0 Å². The fourth-order valence-electron chi connectivity index (χ4n) is 3.64. The summed E-state index contributed by atoms with van der Waals surface area (Å²) in [5, 5.41) is 6.16. The standard InChI is InChI=1S/C19H27N3O3/c1-14-12-17(16-6-4-5-7-18(16)25-3)22(20-14)19(23)13-21-10-8-15(24-2)9-11-21/h4-7,15,17H,8-13H2,1-3H3. The molecule has 1 aromatic carbocycles. The van der Waals surface area contributed by atoms with Crippen LogP contribution in [0.5, 0.6) is 5.75 Å². The highest BCUT2D eigenvalue weighted by atomic mass is 16.5. The van der Waals surface area contributed by atoms with Crippen LogP contribution in [0.25, 0.3) is 0 Å². The smallest absolute Gasteiger partial charge is 0.257 e. The average Bonchev–Trinajstić information content (AvgIpc) is 3.04. The quantitative estimate of drug-likeness (QED) is 0.823. The van der Waals surface area contributed by atoms with Gasteiger partial charge in [0.05, 0.1) is 25.8 Å². The van der Waals surface area contributed by atoms with Crippen LogP contribution in [-0.4, -0.2) is 61.5 Å². The van der Waals surface area contributed by atoms with Crippen molar-refractivity contribution in [2.45, 2.75) is 38.3 Å². The topological polar surface area (TPSA) is 54.4 Å². The number of hydrogen-bond donors (Lipinski definition) is 0. The number of methoxy groups -OCH3 is 2. The highest BCUT2D eigenvalue weighted by Crippen LogP contribution is 2.36. The molecule has 3 rings (SSSR count). The van der Waals surface area contributed by atoms with Gasteiger partial charge in [-0.2, -0.15) is 5.10 Å². The van der Waals surface area contributed by atoms with E-state index in [4.69, 9.17) is 9.47 Å². The molecule has 0 bridgehead atoms. The SMILES string of the molecule is COc1ccccc1C1CC(C)=NN1C(=O)CN1CCC(OC)CC1. The molecule has 6 nitrogen and oxygen atoms in total. The fraction of sp³-hybridized carbons (Fsp3) is 0.579. The molecule has 6 heteroatoms. The number of amides is 1. The second kappa shape index (κ2) is 7.97. The lowest BCUT2D eigenvalue weighted by molar-refractivity contribution is -0.134. The number of para-hydroxylation sites is 1. The molecule has 2 aliphatic rings. The number of hydrazone groups is 1. The molecule has 25 heavy (non-hydrogen) atoms. The number of hydrogen-bond acceptors (Lipinski definition) is 5. The molecule has 0 aromatic heterocycles. The zero-order valence-electron chi connectivity index (χ0n) is 15.3. The van der Waals surface area contributed by atoms with Gasteiger partial charge in [0.1, 0.15) is 5.75 Å². The lowest BCUT2D eigenvalue weighted by Crippen LogP contribution is -2.43. The van der Waals surface area contributed by atoms with E-state index in [1.807, 2.05) is 31.2 Å². The van der Waals surface area contributed by atoms with E-state index in [1.54, 1.807) is 19.2 Å². The highest BCUT2D eigenvalue weighted by molar-refractivity contribution is 5.89. The first kappa shape index (κ1) is 17.9. The minimum Gasteiger partial charge on any atom is -0.496 e. The first-order chi connectivity index (χ1) is 12.1. The van der Waals surface area contributed by atoms with E-state index in [2.05, 4.69) is 10.0 Å². The van der Waals surface area contributed by atoms with Crippen LogP contribution in [0, 0.1) is 0 Å². The zero-order valence-corrected chi connectivity index (χ0v) is 15.3. The van der Waals surface area contributed by atoms with E-state index in [-0.39, 0.29) is 11.9 Å². The van der Waals surface area contributed by atoms with Crippen LogP contribution in [0.1, 0.15) is 37.8 Å². The minimum absolute atomic E-state index is 0.0450.